The highest BCUT2D eigenvalue weighted by molar-refractivity contribution is 7.88. The monoisotopic (exact) mass is 361 g/mol. The maximum Gasteiger partial charge on any atom is 0.323 e. The van der Waals surface area contributed by atoms with Crippen molar-refractivity contribution in [2.75, 3.05) is 31.5 Å². The van der Waals surface area contributed by atoms with Crippen molar-refractivity contribution in [3.63, 3.8) is 0 Å². The summed E-state index contributed by atoms with van der Waals surface area (Å²) < 4.78 is 39.6. The molecule has 0 bridgehead atoms. The van der Waals surface area contributed by atoms with E-state index in [4.69, 9.17) is 25.3 Å². The van der Waals surface area contributed by atoms with Crippen molar-refractivity contribution in [1.29, 1.82) is 0 Å². The van der Waals surface area contributed by atoms with Crippen LogP contribution in [0.25, 0.3) is 0 Å². The van der Waals surface area contributed by atoms with E-state index in [1.54, 1.807) is 18.2 Å². The summed E-state index contributed by atoms with van der Waals surface area (Å²) in [5.41, 5.74) is 0.632. The molecule has 6 nitrogen and oxygen atoms in total. The predicted octanol–water partition coefficient (Wildman–Crippen LogP) is 1.92. The summed E-state index contributed by atoms with van der Waals surface area (Å²) in [4.78, 5) is 2.25. The maximum atomic E-state index is 11.5. The Morgan fingerprint density at radius 1 is 1.35 bits per heavy atom. The highest BCUT2D eigenvalue weighted by Crippen LogP contribution is 2.45. The Balaban J connectivity index is 1.87. The van der Waals surface area contributed by atoms with Gasteiger partial charge in [0.1, 0.15) is 11.5 Å². The van der Waals surface area contributed by atoms with Gasteiger partial charge in [0.05, 0.1) is 13.2 Å². The first-order valence-corrected chi connectivity index (χ1v) is 9.56. The van der Waals surface area contributed by atoms with Crippen molar-refractivity contribution in [3.05, 3.63) is 23.8 Å². The minimum atomic E-state index is -3.76. The second-order valence-corrected chi connectivity index (χ2v) is 8.40. The van der Waals surface area contributed by atoms with Gasteiger partial charge in [-0.15, -0.1) is 11.6 Å². The number of ether oxygens (including phenoxy) is 2. The predicted molar refractivity (Wildman–Crippen MR) is 86.5 cm³/mol. The summed E-state index contributed by atoms with van der Waals surface area (Å²) in [7, 11) is -3.76. The van der Waals surface area contributed by atoms with E-state index in [1.165, 1.54) is 0 Å². The molecule has 0 aliphatic carbocycles. The molecule has 0 amide bonds. The van der Waals surface area contributed by atoms with E-state index in [-0.39, 0.29) is 17.4 Å². The Hall–Kier alpha value is -1.02. The van der Waals surface area contributed by atoms with Gasteiger partial charge in [0.2, 0.25) is 0 Å². The van der Waals surface area contributed by atoms with Gasteiger partial charge in [-0.05, 0) is 18.2 Å². The molecule has 0 aromatic heterocycles. The van der Waals surface area contributed by atoms with E-state index in [0.717, 1.165) is 24.4 Å². The molecule has 1 atom stereocenters. The van der Waals surface area contributed by atoms with Crippen LogP contribution in [0.3, 0.4) is 0 Å². The third kappa shape index (κ3) is 3.28. The number of hydrogen-bond acceptors (Lipinski definition) is 6. The van der Waals surface area contributed by atoms with Crippen LogP contribution in [-0.4, -0.2) is 51.1 Å². The average Bonchev–Trinajstić information content (AvgIpc) is 2.79. The first-order chi connectivity index (χ1) is 10.8. The maximum absolute atomic E-state index is 11.5. The summed E-state index contributed by atoms with van der Waals surface area (Å²) in [6.45, 7) is 7.17. The largest absolute Gasteiger partial charge is 0.474 e. The first-order valence-electron chi connectivity index (χ1n) is 7.44. The number of halogens is 1. The van der Waals surface area contributed by atoms with Crippen LogP contribution < -0.4 is 8.92 Å². The topological polar surface area (TPSA) is 65.1 Å². The Kier molecular flexibility index (Phi) is 4.48. The normalized spacial score (nSPS) is 24.0. The fraction of sp³-hybridized carbons (Fsp3) is 0.600. The van der Waals surface area contributed by atoms with Crippen LogP contribution in [0, 0.1) is 0 Å². The minimum absolute atomic E-state index is 0.110. The van der Waals surface area contributed by atoms with Gasteiger partial charge in [-0.1, -0.05) is 13.8 Å². The lowest BCUT2D eigenvalue weighted by Crippen LogP contribution is -2.52. The van der Waals surface area contributed by atoms with Gasteiger partial charge in [0, 0.05) is 24.1 Å². The number of hydrogen-bond donors (Lipinski definition) is 0. The molecule has 0 spiro atoms. The molecule has 2 aliphatic heterocycles. The third-order valence-corrected chi connectivity index (χ3v) is 5.75. The van der Waals surface area contributed by atoms with Crippen molar-refractivity contribution in [2.45, 2.75) is 25.5 Å². The van der Waals surface area contributed by atoms with Gasteiger partial charge in [0.15, 0.2) is 11.4 Å². The van der Waals surface area contributed by atoms with Gasteiger partial charge < -0.3 is 13.7 Å². The van der Waals surface area contributed by atoms with Crippen LogP contribution in [0.5, 0.6) is 11.5 Å². The molecule has 1 aromatic carbocycles. The lowest BCUT2D eigenvalue weighted by molar-refractivity contribution is -0.0612. The molecule has 2 heterocycles. The van der Waals surface area contributed by atoms with E-state index >= 15 is 0 Å². The second-order valence-electron chi connectivity index (χ2n) is 6.25. The second kappa shape index (κ2) is 6.12. The zero-order chi connectivity index (χ0) is 16.7. The standard InChI is InChI=1S/C15H20ClNO5S/c1-15(2)12-9-11(22-23(18,19)10-16)3-4-13(12)21-14(15)17-5-7-20-8-6-17/h3-4,9,14H,5-8,10H2,1-2H3. The molecule has 0 radical (unpaired) electrons. The van der Waals surface area contributed by atoms with Crippen LogP contribution >= 0.6 is 11.6 Å². The van der Waals surface area contributed by atoms with Crippen molar-refractivity contribution in [1.82, 2.24) is 4.90 Å². The molecular formula is C15H20ClNO5S. The Morgan fingerprint density at radius 3 is 2.70 bits per heavy atom. The molecule has 1 aromatic rings. The van der Waals surface area contributed by atoms with Gasteiger partial charge in [-0.3, -0.25) is 4.90 Å². The van der Waals surface area contributed by atoms with Crippen LogP contribution in [0.1, 0.15) is 19.4 Å². The Morgan fingerprint density at radius 2 is 2.04 bits per heavy atom. The van der Waals surface area contributed by atoms with Gasteiger partial charge in [-0.2, -0.15) is 8.42 Å². The quantitative estimate of drug-likeness (QED) is 0.603. The smallest absolute Gasteiger partial charge is 0.323 e. The minimum Gasteiger partial charge on any atom is -0.474 e. The third-order valence-electron chi connectivity index (χ3n) is 4.24. The van der Waals surface area contributed by atoms with Crippen molar-refractivity contribution in [3.8, 4) is 11.5 Å². The van der Waals surface area contributed by atoms with E-state index in [1.807, 2.05) is 0 Å². The first kappa shape index (κ1) is 16.8. The molecule has 0 saturated carbocycles. The number of alkyl halides is 1. The van der Waals surface area contributed by atoms with E-state index in [2.05, 4.69) is 18.7 Å². The molecule has 8 heteroatoms. The van der Waals surface area contributed by atoms with Crippen molar-refractivity contribution >= 4 is 21.7 Å². The van der Waals surface area contributed by atoms with Crippen LogP contribution in [0.15, 0.2) is 18.2 Å². The number of nitrogens with zero attached hydrogens (tertiary/aromatic N) is 1. The van der Waals surface area contributed by atoms with E-state index in [9.17, 15) is 8.42 Å². The molecule has 1 saturated heterocycles. The zero-order valence-corrected chi connectivity index (χ0v) is 14.7. The molecule has 128 valence electrons. The molecule has 0 N–H and O–H groups in total. The van der Waals surface area contributed by atoms with Crippen molar-refractivity contribution in [2.24, 2.45) is 0 Å². The Labute approximate surface area is 141 Å². The summed E-state index contributed by atoms with van der Waals surface area (Å²) in [6, 6.07) is 5.05. The molecule has 1 fully saturated rings. The van der Waals surface area contributed by atoms with Gasteiger partial charge in [-0.25, -0.2) is 0 Å². The summed E-state index contributed by atoms with van der Waals surface area (Å²) in [6.07, 6.45) is -0.110. The SMILES string of the molecule is CC1(C)c2cc(OS(=O)(=O)CCl)ccc2OC1N1CCOCC1. The average molecular weight is 362 g/mol. The number of benzene rings is 1. The highest BCUT2D eigenvalue weighted by Gasteiger charge is 2.45. The Bertz CT molecular complexity index is 685. The zero-order valence-electron chi connectivity index (χ0n) is 13.1. The van der Waals surface area contributed by atoms with Crippen LogP contribution in [-0.2, 0) is 20.3 Å². The highest BCUT2D eigenvalue weighted by atomic mass is 35.5. The van der Waals surface area contributed by atoms with Crippen molar-refractivity contribution < 1.29 is 22.1 Å². The van der Waals surface area contributed by atoms with E-state index < -0.39 is 15.3 Å². The van der Waals surface area contributed by atoms with Gasteiger partial charge >= 0.3 is 10.1 Å². The lowest BCUT2D eigenvalue weighted by atomic mass is 9.83. The molecule has 2 aliphatic rings. The van der Waals surface area contributed by atoms with Crippen LogP contribution in [0.2, 0.25) is 0 Å². The van der Waals surface area contributed by atoms with Crippen LogP contribution in [0.4, 0.5) is 0 Å². The van der Waals surface area contributed by atoms with E-state index in [0.29, 0.717) is 13.2 Å². The summed E-state index contributed by atoms with van der Waals surface area (Å²) >= 11 is 5.38. The lowest BCUT2D eigenvalue weighted by Gasteiger charge is -2.38. The summed E-state index contributed by atoms with van der Waals surface area (Å²) in [5.74, 6) is 1.01. The molecule has 23 heavy (non-hydrogen) atoms. The number of fused-ring (bicyclic) bond motifs is 1. The molecule has 1 unspecified atom stereocenters. The fourth-order valence-electron chi connectivity index (χ4n) is 3.08. The fourth-order valence-corrected chi connectivity index (χ4v) is 3.65. The molecular weight excluding hydrogens is 342 g/mol. The van der Waals surface area contributed by atoms with Gasteiger partial charge in [0.25, 0.3) is 0 Å². The summed E-state index contributed by atoms with van der Waals surface area (Å²) in [5, 5.41) is -0.583. The molecule has 3 rings (SSSR count). The number of rotatable bonds is 4. The number of morpholine rings is 1.